The average molecular weight is 242 g/mol. The predicted molar refractivity (Wildman–Crippen MR) is 65.4 cm³/mol. The molecule has 3 heteroatoms. The number of hydrogen-bond donors (Lipinski definition) is 1. The minimum atomic E-state index is -0.295. The minimum Gasteiger partial charge on any atom is -0.317 e. The van der Waals surface area contributed by atoms with Gasteiger partial charge >= 0.3 is 0 Å². The van der Waals surface area contributed by atoms with Gasteiger partial charge in [-0.1, -0.05) is 17.7 Å². The lowest BCUT2D eigenvalue weighted by Crippen LogP contribution is -2.28. The summed E-state index contributed by atoms with van der Waals surface area (Å²) in [5, 5.41) is 3.65. The summed E-state index contributed by atoms with van der Waals surface area (Å²) in [5.74, 6) is 0.343. The van der Waals surface area contributed by atoms with Gasteiger partial charge in [0.2, 0.25) is 0 Å². The summed E-state index contributed by atoms with van der Waals surface area (Å²) >= 11 is 6.03. The van der Waals surface area contributed by atoms with Crippen molar-refractivity contribution >= 4 is 11.6 Å². The Balaban J connectivity index is 2.16. The van der Waals surface area contributed by atoms with E-state index in [4.69, 9.17) is 11.6 Å². The molecule has 0 saturated carbocycles. The van der Waals surface area contributed by atoms with E-state index in [1.165, 1.54) is 6.07 Å². The third-order valence-electron chi connectivity index (χ3n) is 3.38. The van der Waals surface area contributed by atoms with Crippen molar-refractivity contribution in [1.29, 1.82) is 0 Å². The number of piperidine rings is 1. The largest absolute Gasteiger partial charge is 0.317 e. The van der Waals surface area contributed by atoms with Crippen LogP contribution in [0.2, 0.25) is 5.02 Å². The fraction of sp³-hybridized carbons (Fsp3) is 0.538. The van der Waals surface area contributed by atoms with E-state index < -0.39 is 0 Å². The molecule has 88 valence electrons. The third kappa shape index (κ3) is 2.55. The molecule has 0 spiro atoms. The van der Waals surface area contributed by atoms with Gasteiger partial charge in [0, 0.05) is 0 Å². The highest BCUT2D eigenvalue weighted by atomic mass is 35.5. The van der Waals surface area contributed by atoms with E-state index in [0.29, 0.717) is 10.9 Å². The highest BCUT2D eigenvalue weighted by Crippen LogP contribution is 2.28. The van der Waals surface area contributed by atoms with Gasteiger partial charge in [-0.25, -0.2) is 4.39 Å². The van der Waals surface area contributed by atoms with E-state index in [1.807, 2.05) is 13.0 Å². The van der Waals surface area contributed by atoms with Crippen molar-refractivity contribution in [1.82, 2.24) is 5.32 Å². The first-order valence-corrected chi connectivity index (χ1v) is 6.20. The van der Waals surface area contributed by atoms with E-state index in [1.54, 1.807) is 0 Å². The van der Waals surface area contributed by atoms with E-state index in [0.717, 1.165) is 43.5 Å². The van der Waals surface area contributed by atoms with Crippen molar-refractivity contribution < 1.29 is 4.39 Å². The maximum absolute atomic E-state index is 13.4. The van der Waals surface area contributed by atoms with Crippen LogP contribution in [0.3, 0.4) is 0 Å². The molecule has 1 heterocycles. The van der Waals surface area contributed by atoms with Crippen LogP contribution in [0.1, 0.15) is 24.0 Å². The Bertz CT molecular complexity index is 372. The van der Waals surface area contributed by atoms with Crippen molar-refractivity contribution in [2.45, 2.75) is 26.2 Å². The van der Waals surface area contributed by atoms with Gasteiger partial charge in [-0.05, 0) is 62.4 Å². The highest BCUT2D eigenvalue weighted by molar-refractivity contribution is 6.31. The van der Waals surface area contributed by atoms with Gasteiger partial charge < -0.3 is 5.32 Å². The second-order valence-corrected chi connectivity index (χ2v) is 4.93. The van der Waals surface area contributed by atoms with Gasteiger partial charge in [-0.15, -0.1) is 0 Å². The molecule has 1 N–H and O–H groups in total. The third-order valence-corrected chi connectivity index (χ3v) is 3.79. The molecule has 0 bridgehead atoms. The molecule has 16 heavy (non-hydrogen) atoms. The van der Waals surface area contributed by atoms with Gasteiger partial charge in [0.25, 0.3) is 0 Å². The van der Waals surface area contributed by atoms with Gasteiger partial charge in [-0.2, -0.15) is 0 Å². The summed E-state index contributed by atoms with van der Waals surface area (Å²) in [6, 6.07) is 3.27. The Morgan fingerprint density at radius 1 is 1.38 bits per heavy atom. The van der Waals surface area contributed by atoms with Crippen LogP contribution in [0.15, 0.2) is 12.1 Å². The number of rotatable bonds is 2. The van der Waals surface area contributed by atoms with Gasteiger partial charge in [-0.3, -0.25) is 0 Å². The first-order chi connectivity index (χ1) is 7.68. The Morgan fingerprint density at radius 2 is 2.06 bits per heavy atom. The number of benzene rings is 1. The lowest BCUT2D eigenvalue weighted by molar-refractivity contribution is 0.372. The molecule has 1 fully saturated rings. The summed E-state index contributed by atoms with van der Waals surface area (Å²) in [7, 11) is 0. The first-order valence-electron chi connectivity index (χ1n) is 5.82. The van der Waals surface area contributed by atoms with Crippen LogP contribution in [-0.2, 0) is 6.42 Å². The smallest absolute Gasteiger partial charge is 0.142 e. The molecular formula is C13H17ClFN. The molecule has 1 saturated heterocycles. The minimum absolute atomic E-state index is 0.295. The number of hydrogen-bond acceptors (Lipinski definition) is 1. The van der Waals surface area contributed by atoms with Crippen molar-refractivity contribution in [2.75, 3.05) is 13.1 Å². The normalized spacial score (nSPS) is 17.7. The zero-order chi connectivity index (χ0) is 11.5. The fourth-order valence-electron chi connectivity index (χ4n) is 2.31. The zero-order valence-electron chi connectivity index (χ0n) is 9.52. The van der Waals surface area contributed by atoms with Gasteiger partial charge in [0.1, 0.15) is 5.82 Å². The van der Waals surface area contributed by atoms with Crippen LogP contribution >= 0.6 is 11.6 Å². The molecule has 0 amide bonds. The first kappa shape index (κ1) is 11.9. The summed E-state index contributed by atoms with van der Waals surface area (Å²) in [6.45, 7) is 4.13. The van der Waals surface area contributed by atoms with E-state index in [-0.39, 0.29) is 5.82 Å². The van der Waals surface area contributed by atoms with E-state index >= 15 is 0 Å². The molecule has 1 aromatic carbocycles. The molecule has 1 aliphatic rings. The average Bonchev–Trinajstić information content (AvgIpc) is 2.31. The van der Waals surface area contributed by atoms with Crippen molar-refractivity contribution in [3.63, 3.8) is 0 Å². The van der Waals surface area contributed by atoms with Crippen molar-refractivity contribution in [3.8, 4) is 0 Å². The zero-order valence-corrected chi connectivity index (χ0v) is 10.3. The molecule has 1 aliphatic heterocycles. The second-order valence-electron chi connectivity index (χ2n) is 4.55. The molecule has 0 radical (unpaired) electrons. The topological polar surface area (TPSA) is 12.0 Å². The van der Waals surface area contributed by atoms with Gasteiger partial charge in [0.15, 0.2) is 0 Å². The van der Waals surface area contributed by atoms with E-state index in [2.05, 4.69) is 5.32 Å². The monoisotopic (exact) mass is 241 g/mol. The predicted octanol–water partition coefficient (Wildman–Crippen LogP) is 3.33. The van der Waals surface area contributed by atoms with Crippen molar-refractivity contribution in [3.05, 3.63) is 34.1 Å². The highest BCUT2D eigenvalue weighted by Gasteiger charge is 2.17. The quantitative estimate of drug-likeness (QED) is 0.838. The maximum Gasteiger partial charge on any atom is 0.142 e. The standard InChI is InChI=1S/C13H17ClFN/c1-9-2-3-12(15)13(14)11(9)8-10-4-6-16-7-5-10/h2-3,10,16H,4-8H2,1H3. The summed E-state index contributed by atoms with van der Waals surface area (Å²) in [6.07, 6.45) is 3.22. The molecule has 1 nitrogen and oxygen atoms in total. The second kappa shape index (κ2) is 5.15. The molecule has 0 unspecified atom stereocenters. The molecule has 0 aromatic heterocycles. The fourth-order valence-corrected chi connectivity index (χ4v) is 2.60. The molecule has 1 aromatic rings. The van der Waals surface area contributed by atoms with E-state index in [9.17, 15) is 4.39 Å². The van der Waals surface area contributed by atoms with Crippen LogP contribution in [-0.4, -0.2) is 13.1 Å². The Labute approximate surface area is 101 Å². The number of nitrogens with one attached hydrogen (secondary N) is 1. The molecule has 0 atom stereocenters. The van der Waals surface area contributed by atoms with Crippen LogP contribution in [0.25, 0.3) is 0 Å². The van der Waals surface area contributed by atoms with Crippen LogP contribution in [0.5, 0.6) is 0 Å². The number of aryl methyl sites for hydroxylation is 1. The summed E-state index contributed by atoms with van der Waals surface area (Å²) in [4.78, 5) is 0. The molecular weight excluding hydrogens is 225 g/mol. The summed E-state index contributed by atoms with van der Waals surface area (Å²) in [5.41, 5.74) is 2.10. The van der Waals surface area contributed by atoms with Crippen LogP contribution in [0, 0.1) is 18.7 Å². The maximum atomic E-state index is 13.4. The van der Waals surface area contributed by atoms with Crippen molar-refractivity contribution in [2.24, 2.45) is 5.92 Å². The summed E-state index contributed by atoms with van der Waals surface area (Å²) < 4.78 is 13.4. The Morgan fingerprint density at radius 3 is 2.75 bits per heavy atom. The van der Waals surface area contributed by atoms with Gasteiger partial charge in [0.05, 0.1) is 5.02 Å². The Kier molecular flexibility index (Phi) is 3.82. The Hall–Kier alpha value is -0.600. The molecule has 0 aliphatic carbocycles. The number of halogens is 2. The molecule has 2 rings (SSSR count). The van der Waals surface area contributed by atoms with Crippen LogP contribution < -0.4 is 5.32 Å². The SMILES string of the molecule is Cc1ccc(F)c(Cl)c1CC1CCNCC1. The lowest BCUT2D eigenvalue weighted by Gasteiger charge is -2.23. The van der Waals surface area contributed by atoms with Crippen LogP contribution in [0.4, 0.5) is 4.39 Å². The lowest BCUT2D eigenvalue weighted by atomic mass is 9.89.